The minimum Gasteiger partial charge on any atom is -0.409 e. The minimum atomic E-state index is 0.0926. The van der Waals surface area contributed by atoms with Crippen LogP contribution in [0.2, 0.25) is 0 Å². The molecule has 1 rings (SSSR count). The van der Waals surface area contributed by atoms with Gasteiger partial charge in [-0.15, -0.1) is 11.8 Å². The van der Waals surface area contributed by atoms with Crippen molar-refractivity contribution in [1.82, 2.24) is 4.98 Å². The summed E-state index contributed by atoms with van der Waals surface area (Å²) in [6.07, 6.45) is 5.33. The van der Waals surface area contributed by atoms with Gasteiger partial charge >= 0.3 is 0 Å². The number of amidine groups is 1. The maximum atomic E-state index is 8.49. The molecule has 0 atom stereocenters. The van der Waals surface area contributed by atoms with E-state index in [1.807, 2.05) is 12.1 Å². The highest BCUT2D eigenvalue weighted by Crippen LogP contribution is 2.17. The zero-order chi connectivity index (χ0) is 11.8. The van der Waals surface area contributed by atoms with Crippen LogP contribution in [0.3, 0.4) is 0 Å². The van der Waals surface area contributed by atoms with Crippen molar-refractivity contribution in [1.29, 1.82) is 0 Å². The zero-order valence-corrected chi connectivity index (χ0v) is 10.2. The molecule has 1 heterocycles. The molecular weight excluding hydrogens is 222 g/mol. The van der Waals surface area contributed by atoms with Crippen molar-refractivity contribution in [3.05, 3.63) is 23.9 Å². The molecule has 0 amide bonds. The topological polar surface area (TPSA) is 71.5 Å². The molecule has 16 heavy (non-hydrogen) atoms. The van der Waals surface area contributed by atoms with Gasteiger partial charge in [-0.3, -0.25) is 0 Å². The molecule has 88 valence electrons. The zero-order valence-electron chi connectivity index (χ0n) is 9.39. The Kier molecular flexibility index (Phi) is 5.71. The Morgan fingerprint density at radius 1 is 1.50 bits per heavy atom. The van der Waals surface area contributed by atoms with Crippen LogP contribution in [0.25, 0.3) is 0 Å². The predicted molar refractivity (Wildman–Crippen MR) is 67.0 cm³/mol. The molecule has 3 N–H and O–H groups in total. The number of nitrogens with two attached hydrogens (primary N) is 1. The summed E-state index contributed by atoms with van der Waals surface area (Å²) in [5.74, 6) is 1.18. The van der Waals surface area contributed by atoms with E-state index in [2.05, 4.69) is 17.1 Å². The van der Waals surface area contributed by atoms with Crippen molar-refractivity contribution in [3.8, 4) is 0 Å². The summed E-state index contributed by atoms with van der Waals surface area (Å²) < 4.78 is 0. The van der Waals surface area contributed by atoms with Gasteiger partial charge in [-0.2, -0.15) is 0 Å². The first-order valence-electron chi connectivity index (χ1n) is 5.34. The van der Waals surface area contributed by atoms with Crippen LogP contribution in [0.5, 0.6) is 0 Å². The number of oxime groups is 1. The Morgan fingerprint density at radius 2 is 2.31 bits per heavy atom. The molecule has 5 heteroatoms. The number of pyridine rings is 1. The SMILES string of the molecule is CCCCCSc1ccc(/C(N)=N/O)cn1. The molecule has 1 aromatic heterocycles. The summed E-state index contributed by atoms with van der Waals surface area (Å²) >= 11 is 1.73. The summed E-state index contributed by atoms with van der Waals surface area (Å²) in [5.41, 5.74) is 6.08. The highest BCUT2D eigenvalue weighted by atomic mass is 32.2. The number of hydrogen-bond donors (Lipinski definition) is 2. The standard InChI is InChI=1S/C11H17N3OS/c1-2-3-4-7-16-10-6-5-9(8-13-10)11(12)14-15/h5-6,8,15H,2-4,7H2,1H3,(H2,12,14). The Bertz CT molecular complexity index is 338. The van der Waals surface area contributed by atoms with E-state index in [-0.39, 0.29) is 5.84 Å². The van der Waals surface area contributed by atoms with E-state index in [1.54, 1.807) is 18.0 Å². The Labute approximate surface area is 99.9 Å². The van der Waals surface area contributed by atoms with Crippen molar-refractivity contribution < 1.29 is 5.21 Å². The van der Waals surface area contributed by atoms with Crippen LogP contribution in [-0.4, -0.2) is 21.8 Å². The van der Waals surface area contributed by atoms with Gasteiger partial charge in [-0.25, -0.2) is 4.98 Å². The van der Waals surface area contributed by atoms with Crippen molar-refractivity contribution in [2.24, 2.45) is 10.9 Å². The second kappa shape index (κ2) is 7.11. The Hall–Kier alpha value is -1.23. The third-order valence-corrected chi connectivity index (χ3v) is 3.17. The minimum absolute atomic E-state index is 0.0926. The van der Waals surface area contributed by atoms with Crippen molar-refractivity contribution in [2.75, 3.05) is 5.75 Å². The number of unbranched alkanes of at least 4 members (excludes halogenated alkanes) is 2. The van der Waals surface area contributed by atoms with Crippen LogP contribution < -0.4 is 5.73 Å². The molecule has 0 radical (unpaired) electrons. The number of aromatic nitrogens is 1. The third kappa shape index (κ3) is 4.10. The molecule has 0 aliphatic carbocycles. The molecule has 0 unspecified atom stereocenters. The predicted octanol–water partition coefficient (Wildman–Crippen LogP) is 2.46. The third-order valence-electron chi connectivity index (χ3n) is 2.14. The van der Waals surface area contributed by atoms with Crippen molar-refractivity contribution in [2.45, 2.75) is 31.2 Å². The van der Waals surface area contributed by atoms with Crippen LogP contribution >= 0.6 is 11.8 Å². The summed E-state index contributed by atoms with van der Waals surface area (Å²) in [6, 6.07) is 3.70. The molecule has 0 bridgehead atoms. The fourth-order valence-electron chi connectivity index (χ4n) is 1.20. The average molecular weight is 239 g/mol. The highest BCUT2D eigenvalue weighted by molar-refractivity contribution is 7.99. The fraction of sp³-hybridized carbons (Fsp3) is 0.455. The lowest BCUT2D eigenvalue weighted by atomic mass is 10.3. The van der Waals surface area contributed by atoms with E-state index < -0.39 is 0 Å². The van der Waals surface area contributed by atoms with Gasteiger partial charge in [0.25, 0.3) is 0 Å². The normalized spacial score (nSPS) is 11.7. The molecular formula is C11H17N3OS. The van der Waals surface area contributed by atoms with Crippen molar-refractivity contribution >= 4 is 17.6 Å². The van der Waals surface area contributed by atoms with E-state index in [1.165, 1.54) is 19.3 Å². The molecule has 4 nitrogen and oxygen atoms in total. The Morgan fingerprint density at radius 3 is 2.88 bits per heavy atom. The lowest BCUT2D eigenvalue weighted by Gasteiger charge is -2.01. The monoisotopic (exact) mass is 239 g/mol. The van der Waals surface area contributed by atoms with E-state index in [0.717, 1.165) is 10.8 Å². The van der Waals surface area contributed by atoms with Crippen LogP contribution in [-0.2, 0) is 0 Å². The van der Waals surface area contributed by atoms with Crippen LogP contribution in [0.15, 0.2) is 28.5 Å². The molecule has 0 aromatic carbocycles. The second-order valence-corrected chi connectivity index (χ2v) is 4.54. The molecule has 0 saturated carbocycles. The maximum Gasteiger partial charge on any atom is 0.171 e. The highest BCUT2D eigenvalue weighted by Gasteiger charge is 2.00. The Balaban J connectivity index is 2.45. The molecule has 0 spiro atoms. The largest absolute Gasteiger partial charge is 0.409 e. The van der Waals surface area contributed by atoms with Crippen LogP contribution in [0.1, 0.15) is 31.7 Å². The summed E-state index contributed by atoms with van der Waals surface area (Å²) in [5, 5.41) is 12.4. The number of nitrogens with zero attached hydrogens (tertiary/aromatic N) is 2. The van der Waals surface area contributed by atoms with E-state index in [4.69, 9.17) is 10.9 Å². The first-order valence-corrected chi connectivity index (χ1v) is 6.33. The summed E-state index contributed by atoms with van der Waals surface area (Å²) in [4.78, 5) is 4.24. The lowest BCUT2D eigenvalue weighted by molar-refractivity contribution is 0.318. The van der Waals surface area contributed by atoms with Gasteiger partial charge in [0, 0.05) is 11.8 Å². The van der Waals surface area contributed by atoms with Gasteiger partial charge in [-0.05, 0) is 24.3 Å². The first kappa shape index (κ1) is 12.8. The van der Waals surface area contributed by atoms with Gasteiger partial charge in [0.05, 0.1) is 5.03 Å². The van der Waals surface area contributed by atoms with Crippen LogP contribution in [0, 0.1) is 0 Å². The van der Waals surface area contributed by atoms with Gasteiger partial charge < -0.3 is 10.9 Å². The fourth-order valence-corrected chi connectivity index (χ4v) is 2.05. The molecule has 0 aliphatic heterocycles. The second-order valence-electron chi connectivity index (χ2n) is 3.43. The van der Waals surface area contributed by atoms with Gasteiger partial charge in [-0.1, -0.05) is 24.9 Å². The van der Waals surface area contributed by atoms with Gasteiger partial charge in [0.15, 0.2) is 5.84 Å². The van der Waals surface area contributed by atoms with Crippen LogP contribution in [0.4, 0.5) is 0 Å². The lowest BCUT2D eigenvalue weighted by Crippen LogP contribution is -2.13. The average Bonchev–Trinajstić information content (AvgIpc) is 2.34. The van der Waals surface area contributed by atoms with E-state index in [9.17, 15) is 0 Å². The molecule has 0 saturated heterocycles. The van der Waals surface area contributed by atoms with Gasteiger partial charge in [0.1, 0.15) is 0 Å². The quantitative estimate of drug-likeness (QED) is 0.200. The van der Waals surface area contributed by atoms with Crippen molar-refractivity contribution in [3.63, 3.8) is 0 Å². The van der Waals surface area contributed by atoms with Gasteiger partial charge in [0.2, 0.25) is 0 Å². The first-order chi connectivity index (χ1) is 7.77. The van der Waals surface area contributed by atoms with E-state index >= 15 is 0 Å². The maximum absolute atomic E-state index is 8.49. The smallest absolute Gasteiger partial charge is 0.171 e. The summed E-state index contributed by atoms with van der Waals surface area (Å²) in [7, 11) is 0. The number of rotatable bonds is 6. The molecule has 0 fully saturated rings. The molecule has 0 aliphatic rings. The molecule has 1 aromatic rings. The number of hydrogen-bond acceptors (Lipinski definition) is 4. The van der Waals surface area contributed by atoms with E-state index in [0.29, 0.717) is 5.56 Å². The summed E-state index contributed by atoms with van der Waals surface area (Å²) in [6.45, 7) is 2.19. The number of thioether (sulfide) groups is 1.